The van der Waals surface area contributed by atoms with Gasteiger partial charge in [0.15, 0.2) is 6.29 Å². The van der Waals surface area contributed by atoms with Gasteiger partial charge in [-0.2, -0.15) is 0 Å². The Morgan fingerprint density at radius 3 is 2.68 bits per heavy atom. The Morgan fingerprint density at radius 2 is 1.84 bits per heavy atom. The van der Waals surface area contributed by atoms with Crippen molar-refractivity contribution in [2.24, 2.45) is 0 Å². The van der Waals surface area contributed by atoms with Crippen LogP contribution in [0.5, 0.6) is 11.5 Å². The lowest BCUT2D eigenvalue weighted by Gasteiger charge is -2.35. The molecule has 2 aromatic rings. The summed E-state index contributed by atoms with van der Waals surface area (Å²) in [6.45, 7) is 0.182. The van der Waals surface area contributed by atoms with E-state index in [4.69, 9.17) is 14.6 Å². The zero-order valence-electron chi connectivity index (χ0n) is 14.1. The number of unbranched alkanes of at least 4 members (excludes halogenated alkanes) is 2. The zero-order valence-corrected chi connectivity index (χ0v) is 14.1. The number of ether oxygens (including phenoxy) is 2. The lowest BCUT2D eigenvalue weighted by molar-refractivity contribution is -0.0800. The van der Waals surface area contributed by atoms with Crippen LogP contribution in [-0.2, 0) is 0 Å². The van der Waals surface area contributed by atoms with Gasteiger partial charge in [0.25, 0.3) is 5.79 Å². The SMILES string of the molecule is O=Cc1ccccc1OC1(CCCCCO)C=Cc2ccccc2O1. The smallest absolute Gasteiger partial charge is 0.271 e. The van der Waals surface area contributed by atoms with Gasteiger partial charge in [-0.05, 0) is 37.1 Å². The second kappa shape index (κ2) is 7.99. The summed E-state index contributed by atoms with van der Waals surface area (Å²) in [4.78, 5) is 11.3. The van der Waals surface area contributed by atoms with Crippen molar-refractivity contribution in [3.05, 3.63) is 65.7 Å². The number of benzene rings is 2. The summed E-state index contributed by atoms with van der Waals surface area (Å²) in [6.07, 6.45) is 7.80. The third kappa shape index (κ3) is 4.09. The molecule has 0 saturated heterocycles. The number of para-hydroxylation sites is 2. The molecule has 1 aliphatic heterocycles. The summed E-state index contributed by atoms with van der Waals surface area (Å²) < 4.78 is 12.4. The van der Waals surface area contributed by atoms with Crippen LogP contribution in [0, 0.1) is 0 Å². The first-order valence-corrected chi connectivity index (χ1v) is 8.58. The van der Waals surface area contributed by atoms with Gasteiger partial charge in [0.1, 0.15) is 11.5 Å². The predicted octanol–water partition coefficient (Wildman–Crippen LogP) is 4.23. The second-order valence-electron chi connectivity index (χ2n) is 6.08. The Hall–Kier alpha value is -2.59. The molecular weight excluding hydrogens is 316 g/mol. The molecule has 1 unspecified atom stereocenters. The van der Waals surface area contributed by atoms with Gasteiger partial charge < -0.3 is 14.6 Å². The Kier molecular flexibility index (Phi) is 5.51. The number of aldehydes is 1. The molecule has 0 aromatic heterocycles. The summed E-state index contributed by atoms with van der Waals surface area (Å²) in [5, 5.41) is 8.99. The van der Waals surface area contributed by atoms with Crippen molar-refractivity contribution in [3.8, 4) is 11.5 Å². The largest absolute Gasteiger partial charge is 0.448 e. The number of fused-ring (bicyclic) bond motifs is 1. The summed E-state index contributed by atoms with van der Waals surface area (Å²) in [6, 6.07) is 14.9. The lowest BCUT2D eigenvalue weighted by Crippen LogP contribution is -2.42. The van der Waals surface area contributed by atoms with Gasteiger partial charge >= 0.3 is 0 Å². The molecule has 0 saturated carbocycles. The van der Waals surface area contributed by atoms with Gasteiger partial charge in [-0.15, -0.1) is 0 Å². The van der Waals surface area contributed by atoms with Gasteiger partial charge in [0, 0.05) is 24.7 Å². The first-order valence-electron chi connectivity index (χ1n) is 8.58. The minimum atomic E-state index is -0.955. The van der Waals surface area contributed by atoms with Gasteiger partial charge in [-0.1, -0.05) is 36.8 Å². The molecule has 0 bridgehead atoms. The predicted molar refractivity (Wildman–Crippen MR) is 96.8 cm³/mol. The van der Waals surface area contributed by atoms with Crippen LogP contribution in [0.15, 0.2) is 54.6 Å². The van der Waals surface area contributed by atoms with Crippen LogP contribution in [-0.4, -0.2) is 23.8 Å². The fourth-order valence-electron chi connectivity index (χ4n) is 2.91. The van der Waals surface area contributed by atoms with Crippen molar-refractivity contribution in [2.45, 2.75) is 31.5 Å². The lowest BCUT2D eigenvalue weighted by atomic mass is 10.0. The van der Waals surface area contributed by atoms with Crippen molar-refractivity contribution >= 4 is 12.4 Å². The number of carbonyl (C=O) groups is 1. The van der Waals surface area contributed by atoms with Gasteiger partial charge in [0.2, 0.25) is 0 Å². The van der Waals surface area contributed by atoms with E-state index in [0.717, 1.165) is 36.9 Å². The molecule has 130 valence electrons. The molecule has 0 amide bonds. The quantitative estimate of drug-likeness (QED) is 0.578. The molecule has 1 aliphatic rings. The summed E-state index contributed by atoms with van der Waals surface area (Å²) in [5.41, 5.74) is 1.49. The highest BCUT2D eigenvalue weighted by Crippen LogP contribution is 2.36. The molecule has 2 aromatic carbocycles. The third-order valence-corrected chi connectivity index (χ3v) is 4.23. The molecule has 4 nitrogen and oxygen atoms in total. The minimum Gasteiger partial charge on any atom is -0.448 e. The van der Waals surface area contributed by atoms with E-state index in [1.165, 1.54) is 0 Å². The van der Waals surface area contributed by atoms with E-state index in [-0.39, 0.29) is 6.61 Å². The Bertz CT molecular complexity index is 753. The van der Waals surface area contributed by atoms with Crippen molar-refractivity contribution in [2.75, 3.05) is 6.61 Å². The maximum Gasteiger partial charge on any atom is 0.271 e. The van der Waals surface area contributed by atoms with E-state index < -0.39 is 5.79 Å². The van der Waals surface area contributed by atoms with Crippen molar-refractivity contribution in [1.82, 2.24) is 0 Å². The van der Waals surface area contributed by atoms with Crippen LogP contribution in [0.2, 0.25) is 0 Å². The highest BCUT2D eigenvalue weighted by molar-refractivity contribution is 5.79. The third-order valence-electron chi connectivity index (χ3n) is 4.23. The van der Waals surface area contributed by atoms with Gasteiger partial charge in [-0.3, -0.25) is 4.79 Å². The molecule has 3 rings (SSSR count). The first kappa shape index (κ1) is 17.2. The van der Waals surface area contributed by atoms with Crippen LogP contribution in [0.1, 0.15) is 41.6 Å². The summed E-state index contributed by atoms with van der Waals surface area (Å²) in [5.74, 6) is 0.308. The normalized spacial score (nSPS) is 18.3. The van der Waals surface area contributed by atoms with Crippen LogP contribution in [0.4, 0.5) is 0 Å². The number of hydrogen-bond acceptors (Lipinski definition) is 4. The molecule has 0 fully saturated rings. The Balaban J connectivity index is 1.87. The maximum absolute atomic E-state index is 11.3. The number of carbonyl (C=O) groups excluding carboxylic acids is 1. The molecule has 4 heteroatoms. The summed E-state index contributed by atoms with van der Waals surface area (Å²) >= 11 is 0. The van der Waals surface area contributed by atoms with Gasteiger partial charge in [-0.25, -0.2) is 0 Å². The molecule has 25 heavy (non-hydrogen) atoms. The molecule has 1 atom stereocenters. The topological polar surface area (TPSA) is 55.8 Å². The fraction of sp³-hybridized carbons (Fsp3) is 0.286. The average Bonchev–Trinajstić information content (AvgIpc) is 2.66. The van der Waals surface area contributed by atoms with E-state index in [9.17, 15) is 4.79 Å². The van der Waals surface area contributed by atoms with Crippen molar-refractivity contribution in [3.63, 3.8) is 0 Å². The molecule has 0 radical (unpaired) electrons. The zero-order chi connectivity index (χ0) is 17.5. The van der Waals surface area contributed by atoms with Crippen LogP contribution in [0.25, 0.3) is 6.08 Å². The fourth-order valence-corrected chi connectivity index (χ4v) is 2.91. The highest BCUT2D eigenvalue weighted by Gasteiger charge is 2.35. The molecule has 1 N–H and O–H groups in total. The van der Waals surface area contributed by atoms with E-state index >= 15 is 0 Å². The minimum absolute atomic E-state index is 0.182. The maximum atomic E-state index is 11.3. The van der Waals surface area contributed by atoms with E-state index in [1.807, 2.05) is 42.5 Å². The second-order valence-corrected chi connectivity index (χ2v) is 6.08. The average molecular weight is 338 g/mol. The summed E-state index contributed by atoms with van der Waals surface area (Å²) in [7, 11) is 0. The van der Waals surface area contributed by atoms with Crippen LogP contribution in [0.3, 0.4) is 0 Å². The molecule has 0 spiro atoms. The van der Waals surface area contributed by atoms with Crippen molar-refractivity contribution in [1.29, 1.82) is 0 Å². The van der Waals surface area contributed by atoms with E-state index in [0.29, 0.717) is 17.7 Å². The van der Waals surface area contributed by atoms with Gasteiger partial charge in [0.05, 0.1) is 5.56 Å². The number of hydrogen-bond donors (Lipinski definition) is 1. The standard InChI is InChI=1S/C21H22O4/c22-15-7-1-6-13-21(25-20-11-5-3-9-18(20)16-23)14-12-17-8-2-4-10-19(17)24-21/h2-5,8-12,14,16,22H,1,6-7,13,15H2. The van der Waals surface area contributed by atoms with Crippen LogP contribution < -0.4 is 9.47 Å². The number of aliphatic hydroxyl groups is 1. The molecular formula is C21H22O4. The number of aliphatic hydroxyl groups excluding tert-OH is 1. The highest BCUT2D eigenvalue weighted by atomic mass is 16.7. The monoisotopic (exact) mass is 338 g/mol. The van der Waals surface area contributed by atoms with Crippen molar-refractivity contribution < 1.29 is 19.4 Å². The Labute approximate surface area is 147 Å². The van der Waals surface area contributed by atoms with E-state index in [1.54, 1.807) is 18.2 Å². The number of rotatable bonds is 8. The van der Waals surface area contributed by atoms with Crippen LogP contribution >= 0.6 is 0 Å². The first-order chi connectivity index (χ1) is 12.3. The Morgan fingerprint density at radius 1 is 1.04 bits per heavy atom. The molecule has 0 aliphatic carbocycles. The van der Waals surface area contributed by atoms with E-state index in [2.05, 4.69) is 0 Å². The molecule has 1 heterocycles.